The lowest BCUT2D eigenvalue weighted by Gasteiger charge is -2.18. The molecular weight excluding hydrogens is 214 g/mol. The molecule has 0 saturated heterocycles. The highest BCUT2D eigenvalue weighted by Crippen LogP contribution is 2.34. The van der Waals surface area contributed by atoms with Crippen molar-refractivity contribution in [3.05, 3.63) is 17.6 Å². The molecule has 0 bridgehead atoms. The Morgan fingerprint density at radius 1 is 1.47 bits per heavy atom. The Kier molecular flexibility index (Phi) is 3.94. The lowest BCUT2D eigenvalue weighted by Crippen LogP contribution is -2.33. The zero-order valence-corrected chi connectivity index (χ0v) is 10.9. The normalized spacial score (nSPS) is 16.9. The van der Waals surface area contributed by atoms with Crippen LogP contribution in [-0.4, -0.2) is 29.7 Å². The van der Waals surface area contributed by atoms with E-state index in [-0.39, 0.29) is 0 Å². The van der Waals surface area contributed by atoms with Gasteiger partial charge in [0.2, 0.25) is 5.88 Å². The van der Waals surface area contributed by atoms with Crippen molar-refractivity contribution in [3.8, 4) is 5.88 Å². The molecule has 0 aromatic carbocycles. The van der Waals surface area contributed by atoms with Crippen LogP contribution in [0.5, 0.6) is 5.88 Å². The van der Waals surface area contributed by atoms with Gasteiger partial charge in [-0.3, -0.25) is 0 Å². The third kappa shape index (κ3) is 2.94. The highest BCUT2D eigenvalue weighted by Gasteiger charge is 2.31. The maximum absolute atomic E-state index is 5.23. The third-order valence-corrected chi connectivity index (χ3v) is 3.41. The van der Waals surface area contributed by atoms with Gasteiger partial charge >= 0.3 is 0 Å². The van der Waals surface area contributed by atoms with E-state index in [1.54, 1.807) is 13.4 Å². The monoisotopic (exact) mass is 235 g/mol. The quantitative estimate of drug-likeness (QED) is 0.815. The molecule has 94 valence electrons. The molecule has 2 rings (SSSR count). The van der Waals surface area contributed by atoms with Crippen LogP contribution in [0.15, 0.2) is 6.33 Å². The molecule has 1 aliphatic rings. The predicted octanol–water partition coefficient (Wildman–Crippen LogP) is 1.72. The van der Waals surface area contributed by atoms with Crippen molar-refractivity contribution >= 4 is 0 Å². The predicted molar refractivity (Wildman–Crippen MR) is 67.2 cm³/mol. The number of hydrogen-bond donors (Lipinski definition) is 1. The van der Waals surface area contributed by atoms with Crippen LogP contribution in [0.25, 0.3) is 0 Å². The summed E-state index contributed by atoms with van der Waals surface area (Å²) in [6.45, 7) is 5.20. The summed E-state index contributed by atoms with van der Waals surface area (Å²) >= 11 is 0. The molecular formula is C13H21N3O. The van der Waals surface area contributed by atoms with Crippen LogP contribution < -0.4 is 10.1 Å². The van der Waals surface area contributed by atoms with Crippen molar-refractivity contribution in [2.24, 2.45) is 5.92 Å². The molecule has 0 aliphatic heterocycles. The number of ether oxygens (including phenoxy) is 1. The fourth-order valence-electron chi connectivity index (χ4n) is 2.25. The summed E-state index contributed by atoms with van der Waals surface area (Å²) in [5.74, 6) is 1.52. The van der Waals surface area contributed by atoms with E-state index < -0.39 is 0 Å². The molecule has 0 radical (unpaired) electrons. The van der Waals surface area contributed by atoms with Gasteiger partial charge in [-0.1, -0.05) is 6.92 Å². The number of nitrogens with zero attached hydrogens (tertiary/aromatic N) is 2. The average molecular weight is 235 g/mol. The second kappa shape index (κ2) is 5.45. The number of hydrogen-bond acceptors (Lipinski definition) is 4. The third-order valence-electron chi connectivity index (χ3n) is 3.41. The van der Waals surface area contributed by atoms with Crippen molar-refractivity contribution in [1.29, 1.82) is 0 Å². The molecule has 1 unspecified atom stereocenters. The number of rotatable bonds is 6. The Morgan fingerprint density at radius 2 is 2.24 bits per heavy atom. The Hall–Kier alpha value is -1.16. The van der Waals surface area contributed by atoms with E-state index in [1.807, 2.05) is 6.92 Å². The lowest BCUT2D eigenvalue weighted by atomic mass is 10.0. The van der Waals surface area contributed by atoms with Crippen LogP contribution in [0, 0.1) is 12.8 Å². The highest BCUT2D eigenvalue weighted by atomic mass is 16.5. The molecule has 4 nitrogen and oxygen atoms in total. The minimum Gasteiger partial charge on any atom is -0.481 e. The Morgan fingerprint density at radius 3 is 2.82 bits per heavy atom. The van der Waals surface area contributed by atoms with E-state index in [2.05, 4.69) is 22.2 Å². The van der Waals surface area contributed by atoms with Crippen molar-refractivity contribution in [2.45, 2.75) is 39.2 Å². The number of nitrogens with one attached hydrogen (secondary N) is 1. The fraction of sp³-hybridized carbons (Fsp3) is 0.692. The Balaban J connectivity index is 2.10. The summed E-state index contributed by atoms with van der Waals surface area (Å²) in [5, 5.41) is 3.56. The van der Waals surface area contributed by atoms with Gasteiger partial charge in [-0.2, -0.15) is 0 Å². The Bertz CT molecular complexity index is 377. The zero-order chi connectivity index (χ0) is 12.3. The number of methoxy groups -OCH3 is 1. The van der Waals surface area contributed by atoms with E-state index >= 15 is 0 Å². The van der Waals surface area contributed by atoms with Gasteiger partial charge in [-0.15, -0.1) is 0 Å². The van der Waals surface area contributed by atoms with Crippen LogP contribution in [-0.2, 0) is 6.42 Å². The van der Waals surface area contributed by atoms with E-state index in [0.717, 1.165) is 30.1 Å². The summed E-state index contributed by atoms with van der Waals surface area (Å²) in [6, 6.07) is 0.554. The zero-order valence-electron chi connectivity index (χ0n) is 10.9. The maximum Gasteiger partial charge on any atom is 0.219 e. The summed E-state index contributed by atoms with van der Waals surface area (Å²) in [6.07, 6.45) is 5.26. The van der Waals surface area contributed by atoms with Gasteiger partial charge in [-0.25, -0.2) is 9.97 Å². The molecule has 17 heavy (non-hydrogen) atoms. The van der Waals surface area contributed by atoms with Crippen LogP contribution in [0.3, 0.4) is 0 Å². The SMILES string of the molecule is CCNC(Cc1ncnc(OC)c1C)C1CC1. The molecule has 1 aromatic rings. The van der Waals surface area contributed by atoms with Crippen LogP contribution >= 0.6 is 0 Å². The molecule has 0 amide bonds. The molecule has 1 aliphatic carbocycles. The summed E-state index contributed by atoms with van der Waals surface area (Å²) < 4.78 is 5.23. The minimum absolute atomic E-state index is 0.554. The van der Waals surface area contributed by atoms with E-state index in [9.17, 15) is 0 Å². The van der Waals surface area contributed by atoms with Gasteiger partial charge < -0.3 is 10.1 Å². The molecule has 1 atom stereocenters. The number of aromatic nitrogens is 2. The fourth-order valence-corrected chi connectivity index (χ4v) is 2.25. The molecule has 1 saturated carbocycles. The van der Waals surface area contributed by atoms with Crippen molar-refractivity contribution in [2.75, 3.05) is 13.7 Å². The molecule has 4 heteroatoms. The first-order chi connectivity index (χ1) is 8.26. The van der Waals surface area contributed by atoms with Gasteiger partial charge in [-0.05, 0) is 32.2 Å². The van der Waals surface area contributed by atoms with Crippen LogP contribution in [0.2, 0.25) is 0 Å². The maximum atomic E-state index is 5.23. The van der Waals surface area contributed by atoms with Crippen molar-refractivity contribution in [1.82, 2.24) is 15.3 Å². The molecule has 1 heterocycles. The van der Waals surface area contributed by atoms with E-state index in [4.69, 9.17) is 4.74 Å². The van der Waals surface area contributed by atoms with Gasteiger partial charge in [0, 0.05) is 18.0 Å². The van der Waals surface area contributed by atoms with Gasteiger partial charge in [0.25, 0.3) is 0 Å². The first kappa shape index (κ1) is 12.3. The second-order valence-corrected chi connectivity index (χ2v) is 4.66. The Labute approximate surface area is 103 Å². The second-order valence-electron chi connectivity index (χ2n) is 4.66. The van der Waals surface area contributed by atoms with E-state index in [0.29, 0.717) is 11.9 Å². The topological polar surface area (TPSA) is 47.0 Å². The lowest BCUT2D eigenvalue weighted by molar-refractivity contribution is 0.390. The minimum atomic E-state index is 0.554. The standard InChI is InChI=1S/C13H21N3O/c1-4-14-12(10-5-6-10)7-11-9(2)13(17-3)16-8-15-11/h8,10,12,14H,4-7H2,1-3H3. The van der Waals surface area contributed by atoms with Crippen molar-refractivity contribution < 1.29 is 4.74 Å². The largest absolute Gasteiger partial charge is 0.481 e. The summed E-state index contributed by atoms with van der Waals surface area (Å²) in [4.78, 5) is 8.51. The molecule has 0 spiro atoms. The first-order valence-corrected chi connectivity index (χ1v) is 6.34. The molecule has 1 fully saturated rings. The summed E-state index contributed by atoms with van der Waals surface area (Å²) in [7, 11) is 1.65. The van der Waals surface area contributed by atoms with Gasteiger partial charge in [0.05, 0.1) is 12.8 Å². The first-order valence-electron chi connectivity index (χ1n) is 6.34. The smallest absolute Gasteiger partial charge is 0.219 e. The molecule has 1 N–H and O–H groups in total. The average Bonchev–Trinajstić information content (AvgIpc) is 3.15. The highest BCUT2D eigenvalue weighted by molar-refractivity contribution is 5.28. The molecule has 1 aromatic heterocycles. The van der Waals surface area contributed by atoms with E-state index in [1.165, 1.54) is 12.8 Å². The summed E-state index contributed by atoms with van der Waals surface area (Å²) in [5.41, 5.74) is 2.17. The van der Waals surface area contributed by atoms with Crippen molar-refractivity contribution in [3.63, 3.8) is 0 Å². The van der Waals surface area contributed by atoms with Gasteiger partial charge in [0.1, 0.15) is 6.33 Å². The van der Waals surface area contributed by atoms with Gasteiger partial charge in [0.15, 0.2) is 0 Å². The van der Waals surface area contributed by atoms with Crippen LogP contribution in [0.4, 0.5) is 0 Å². The number of likely N-dealkylation sites (N-methyl/N-ethyl adjacent to an activating group) is 1. The van der Waals surface area contributed by atoms with Crippen LogP contribution in [0.1, 0.15) is 31.0 Å².